The van der Waals surface area contributed by atoms with Crippen LogP contribution in [-0.2, 0) is 0 Å². The first-order valence-corrected chi connectivity index (χ1v) is 6.17. The Balaban J connectivity index is 2.59. The SMILES string of the molecule is Cc1nc(C(=O)NC(C)C(C)Br)cs1. The van der Waals surface area contributed by atoms with E-state index in [1.807, 2.05) is 20.8 Å². The summed E-state index contributed by atoms with van der Waals surface area (Å²) in [7, 11) is 0. The third-order valence-corrected chi connectivity index (χ3v) is 3.47. The number of nitrogens with one attached hydrogen (secondary N) is 1. The van der Waals surface area contributed by atoms with E-state index in [-0.39, 0.29) is 16.8 Å². The zero-order chi connectivity index (χ0) is 10.7. The molecule has 3 nitrogen and oxygen atoms in total. The van der Waals surface area contributed by atoms with Gasteiger partial charge >= 0.3 is 0 Å². The number of carbonyl (C=O) groups is 1. The summed E-state index contributed by atoms with van der Waals surface area (Å²) in [6.07, 6.45) is 0. The lowest BCUT2D eigenvalue weighted by molar-refractivity contribution is 0.0936. The Labute approximate surface area is 96.1 Å². The third kappa shape index (κ3) is 3.06. The van der Waals surface area contributed by atoms with Crippen molar-refractivity contribution >= 4 is 33.2 Å². The molecule has 0 aliphatic rings. The fraction of sp³-hybridized carbons (Fsp3) is 0.556. The van der Waals surface area contributed by atoms with Crippen LogP contribution < -0.4 is 5.32 Å². The van der Waals surface area contributed by atoms with Crippen LogP contribution in [0.2, 0.25) is 0 Å². The van der Waals surface area contributed by atoms with Crippen molar-refractivity contribution in [1.29, 1.82) is 0 Å². The van der Waals surface area contributed by atoms with E-state index in [0.29, 0.717) is 5.69 Å². The van der Waals surface area contributed by atoms with Crippen molar-refractivity contribution in [2.45, 2.75) is 31.6 Å². The lowest BCUT2D eigenvalue weighted by Gasteiger charge is -2.14. The number of halogens is 1. The number of hydrogen-bond acceptors (Lipinski definition) is 3. The average Bonchev–Trinajstić information content (AvgIpc) is 2.51. The zero-order valence-corrected chi connectivity index (χ0v) is 10.8. The predicted molar refractivity (Wildman–Crippen MR) is 62.2 cm³/mol. The van der Waals surface area contributed by atoms with Crippen molar-refractivity contribution in [1.82, 2.24) is 10.3 Å². The summed E-state index contributed by atoms with van der Waals surface area (Å²) in [5, 5.41) is 5.55. The smallest absolute Gasteiger partial charge is 0.271 e. The van der Waals surface area contributed by atoms with E-state index in [0.717, 1.165) is 5.01 Å². The fourth-order valence-corrected chi connectivity index (χ4v) is 1.59. The number of thiazole rings is 1. The van der Waals surface area contributed by atoms with Gasteiger partial charge in [-0.2, -0.15) is 0 Å². The number of aromatic nitrogens is 1. The lowest BCUT2D eigenvalue weighted by atomic mass is 10.2. The quantitative estimate of drug-likeness (QED) is 0.862. The summed E-state index contributed by atoms with van der Waals surface area (Å²) >= 11 is 4.90. The molecule has 78 valence electrons. The van der Waals surface area contributed by atoms with E-state index in [2.05, 4.69) is 26.2 Å². The molecule has 0 radical (unpaired) electrons. The molecule has 2 unspecified atom stereocenters. The standard InChI is InChI=1S/C9H13BrN2OS/c1-5(10)6(2)11-9(13)8-4-14-7(3)12-8/h4-6H,1-3H3,(H,11,13). The van der Waals surface area contributed by atoms with Crippen molar-refractivity contribution in [2.24, 2.45) is 0 Å². The van der Waals surface area contributed by atoms with Crippen LogP contribution in [0.3, 0.4) is 0 Å². The lowest BCUT2D eigenvalue weighted by Crippen LogP contribution is -2.37. The molecule has 1 rings (SSSR count). The second kappa shape index (κ2) is 4.89. The minimum atomic E-state index is -0.104. The minimum absolute atomic E-state index is 0.101. The molecule has 1 aromatic heterocycles. The largest absolute Gasteiger partial charge is 0.347 e. The predicted octanol–water partition coefficient (Wildman–Crippen LogP) is 2.35. The number of hydrogen-bond donors (Lipinski definition) is 1. The Morgan fingerprint density at radius 2 is 2.29 bits per heavy atom. The summed E-state index contributed by atoms with van der Waals surface area (Å²) in [5.74, 6) is -0.104. The number of nitrogens with zero attached hydrogens (tertiary/aromatic N) is 1. The molecule has 1 aromatic rings. The maximum atomic E-state index is 11.6. The van der Waals surface area contributed by atoms with Crippen LogP contribution in [0.15, 0.2) is 5.38 Å². The zero-order valence-electron chi connectivity index (χ0n) is 8.37. The van der Waals surface area contributed by atoms with E-state index in [9.17, 15) is 4.79 Å². The van der Waals surface area contributed by atoms with E-state index in [1.54, 1.807) is 5.38 Å². The van der Waals surface area contributed by atoms with Crippen LogP contribution in [0.25, 0.3) is 0 Å². The fourth-order valence-electron chi connectivity index (χ4n) is 0.863. The molecule has 14 heavy (non-hydrogen) atoms. The van der Waals surface area contributed by atoms with Gasteiger partial charge in [0.2, 0.25) is 0 Å². The number of rotatable bonds is 3. The van der Waals surface area contributed by atoms with Crippen molar-refractivity contribution in [3.8, 4) is 0 Å². The summed E-state index contributed by atoms with van der Waals surface area (Å²) in [6, 6.07) is 0.101. The summed E-state index contributed by atoms with van der Waals surface area (Å²) in [6.45, 7) is 5.84. The van der Waals surface area contributed by atoms with Gasteiger partial charge in [0, 0.05) is 16.2 Å². The Morgan fingerprint density at radius 1 is 1.64 bits per heavy atom. The maximum Gasteiger partial charge on any atom is 0.271 e. The number of amides is 1. The van der Waals surface area contributed by atoms with Gasteiger partial charge in [0.05, 0.1) is 5.01 Å². The number of alkyl halides is 1. The monoisotopic (exact) mass is 276 g/mol. The molecule has 0 aliphatic heterocycles. The Bertz CT molecular complexity index is 324. The molecule has 0 saturated carbocycles. The number of aryl methyl sites for hydroxylation is 1. The summed E-state index contributed by atoms with van der Waals surface area (Å²) < 4.78 is 0. The molecule has 0 saturated heterocycles. The molecule has 0 spiro atoms. The van der Waals surface area contributed by atoms with Gasteiger partial charge in [0.1, 0.15) is 5.69 Å². The van der Waals surface area contributed by atoms with Crippen LogP contribution in [0.4, 0.5) is 0 Å². The second-order valence-electron chi connectivity index (χ2n) is 3.19. The average molecular weight is 277 g/mol. The maximum absolute atomic E-state index is 11.6. The topological polar surface area (TPSA) is 42.0 Å². The van der Waals surface area contributed by atoms with Crippen molar-refractivity contribution in [2.75, 3.05) is 0 Å². The van der Waals surface area contributed by atoms with Crippen molar-refractivity contribution in [3.05, 3.63) is 16.1 Å². The molecule has 1 heterocycles. The molecular formula is C9H13BrN2OS. The van der Waals surface area contributed by atoms with Crippen LogP contribution in [-0.4, -0.2) is 21.8 Å². The Morgan fingerprint density at radius 3 is 2.71 bits per heavy atom. The van der Waals surface area contributed by atoms with Gasteiger partial charge in [0.15, 0.2) is 0 Å². The highest BCUT2D eigenvalue weighted by molar-refractivity contribution is 9.09. The Kier molecular flexibility index (Phi) is 4.07. The van der Waals surface area contributed by atoms with Crippen LogP contribution in [0.1, 0.15) is 29.3 Å². The van der Waals surface area contributed by atoms with Crippen LogP contribution in [0, 0.1) is 6.92 Å². The minimum Gasteiger partial charge on any atom is -0.347 e. The molecule has 0 fully saturated rings. The summed E-state index contributed by atoms with van der Waals surface area (Å²) in [4.78, 5) is 16.0. The van der Waals surface area contributed by atoms with Gasteiger partial charge < -0.3 is 5.32 Å². The first-order chi connectivity index (χ1) is 6.50. The summed E-state index contributed by atoms with van der Waals surface area (Å²) in [5.41, 5.74) is 0.507. The molecule has 1 amide bonds. The van der Waals surface area contributed by atoms with E-state index in [1.165, 1.54) is 11.3 Å². The van der Waals surface area contributed by atoms with Gasteiger partial charge in [-0.15, -0.1) is 11.3 Å². The highest BCUT2D eigenvalue weighted by atomic mass is 79.9. The van der Waals surface area contributed by atoms with Crippen molar-refractivity contribution < 1.29 is 4.79 Å². The van der Waals surface area contributed by atoms with Gasteiger partial charge in [0.25, 0.3) is 5.91 Å². The van der Waals surface area contributed by atoms with Crippen molar-refractivity contribution in [3.63, 3.8) is 0 Å². The second-order valence-corrected chi connectivity index (χ2v) is 5.70. The van der Waals surface area contributed by atoms with Crippen LogP contribution >= 0.6 is 27.3 Å². The normalized spacial score (nSPS) is 14.9. The molecule has 5 heteroatoms. The third-order valence-electron chi connectivity index (χ3n) is 1.90. The number of carbonyl (C=O) groups excluding carboxylic acids is 1. The molecule has 0 aliphatic carbocycles. The van der Waals surface area contributed by atoms with Crippen LogP contribution in [0.5, 0.6) is 0 Å². The first-order valence-electron chi connectivity index (χ1n) is 4.37. The van der Waals surface area contributed by atoms with Gasteiger partial charge in [-0.05, 0) is 13.8 Å². The molecular weight excluding hydrogens is 264 g/mol. The van der Waals surface area contributed by atoms with E-state index < -0.39 is 0 Å². The van der Waals surface area contributed by atoms with Gasteiger partial charge in [-0.3, -0.25) is 4.79 Å². The molecule has 0 aromatic carbocycles. The first kappa shape index (κ1) is 11.7. The highest BCUT2D eigenvalue weighted by Crippen LogP contribution is 2.09. The Hall–Kier alpha value is -0.420. The molecule has 1 N–H and O–H groups in total. The van der Waals surface area contributed by atoms with E-state index >= 15 is 0 Å². The van der Waals surface area contributed by atoms with Gasteiger partial charge in [-0.1, -0.05) is 22.9 Å². The van der Waals surface area contributed by atoms with Gasteiger partial charge in [-0.25, -0.2) is 4.98 Å². The highest BCUT2D eigenvalue weighted by Gasteiger charge is 2.14. The molecule has 0 bridgehead atoms. The molecule has 2 atom stereocenters. The van der Waals surface area contributed by atoms with E-state index in [4.69, 9.17) is 0 Å².